The summed E-state index contributed by atoms with van der Waals surface area (Å²) in [4.78, 5) is 0. The highest BCUT2D eigenvalue weighted by atomic mass is 16.8. The van der Waals surface area contributed by atoms with Crippen molar-refractivity contribution in [2.75, 3.05) is 19.8 Å². The second kappa shape index (κ2) is 20.0. The van der Waals surface area contributed by atoms with Gasteiger partial charge in [-0.05, 0) is 111 Å². The predicted octanol–water partition coefficient (Wildman–Crippen LogP) is -2.09. The fourth-order valence-electron chi connectivity index (χ4n) is 15.1. The van der Waals surface area contributed by atoms with E-state index in [1.165, 1.54) is 0 Å². The third-order valence-electron chi connectivity index (χ3n) is 19.0. The summed E-state index contributed by atoms with van der Waals surface area (Å²) in [6.07, 6.45) is -24.1. The van der Waals surface area contributed by atoms with Crippen LogP contribution in [0, 0.1) is 45.3 Å². The number of fused-ring (bicyclic) bond motifs is 5. The molecule has 0 bridgehead atoms. The lowest BCUT2D eigenvalue weighted by atomic mass is 9.35. The molecular weight excluding hydrogens is 897 g/mol. The van der Waals surface area contributed by atoms with E-state index in [0.29, 0.717) is 31.3 Å². The van der Waals surface area contributed by atoms with Crippen molar-refractivity contribution >= 4 is 0 Å². The van der Waals surface area contributed by atoms with E-state index in [1.54, 1.807) is 6.92 Å². The van der Waals surface area contributed by atoms with E-state index in [0.717, 1.165) is 6.42 Å². The first-order valence-electron chi connectivity index (χ1n) is 24.6. The molecule has 4 saturated carbocycles. The van der Waals surface area contributed by atoms with Crippen molar-refractivity contribution in [2.45, 2.75) is 222 Å². The molecule has 3 heterocycles. The molecule has 4 aliphatic carbocycles. The van der Waals surface area contributed by atoms with Gasteiger partial charge in [-0.2, -0.15) is 0 Å². The van der Waals surface area contributed by atoms with Crippen molar-refractivity contribution in [3.8, 4) is 0 Å². The first-order chi connectivity index (χ1) is 31.7. The highest BCUT2D eigenvalue weighted by Gasteiger charge is 2.73. The van der Waals surface area contributed by atoms with Gasteiger partial charge in [0.2, 0.25) is 0 Å². The summed E-state index contributed by atoms with van der Waals surface area (Å²) < 4.78 is 36.7. The minimum Gasteiger partial charge on any atom is -0.394 e. The standard InChI is InChI=1S/C48H82O20/c1-20(2)22(52)10-14-48(8,68-42-38(62)35(59)32(56)26(18-50)64-42)21-9-12-47(7)30(21)23(53)15-29-45(5)16-24(54)40(44(3,4)28(45)11-13-46(29,47)6)67-43-39(36(60)33(57)27(19-51)65-43)66-41-37(61)34(58)31(55)25(17-49)63-41/h21-43,49-62H,1,9-19H2,2-8H3. The molecule has 3 saturated heterocycles. The van der Waals surface area contributed by atoms with Crippen LogP contribution in [-0.2, 0) is 28.4 Å². The fourth-order valence-corrected chi connectivity index (χ4v) is 15.1. The van der Waals surface area contributed by atoms with Gasteiger partial charge in [-0.3, -0.25) is 0 Å². The average Bonchev–Trinajstić information content (AvgIpc) is 3.67. The Morgan fingerprint density at radius 2 is 1.16 bits per heavy atom. The topological polar surface area (TPSA) is 339 Å². The smallest absolute Gasteiger partial charge is 0.187 e. The van der Waals surface area contributed by atoms with Gasteiger partial charge in [0.15, 0.2) is 18.9 Å². The maximum absolute atomic E-state index is 12.7. The van der Waals surface area contributed by atoms with E-state index in [1.807, 2.05) is 20.8 Å². The third kappa shape index (κ3) is 8.98. The van der Waals surface area contributed by atoms with Crippen LogP contribution in [0.5, 0.6) is 0 Å². The van der Waals surface area contributed by atoms with E-state index in [-0.39, 0.29) is 42.9 Å². The fraction of sp³-hybridized carbons (Fsp3) is 0.958. The molecule has 14 N–H and O–H groups in total. The number of hydrogen-bond donors (Lipinski definition) is 14. The molecule has 3 aliphatic heterocycles. The lowest BCUT2D eigenvalue weighted by molar-refractivity contribution is -0.383. The Balaban J connectivity index is 1.15. The van der Waals surface area contributed by atoms with Crippen molar-refractivity contribution in [3.63, 3.8) is 0 Å². The minimum absolute atomic E-state index is 0.119. The second-order valence-corrected chi connectivity index (χ2v) is 23.1. The molecule has 20 heteroatoms. The summed E-state index contributed by atoms with van der Waals surface area (Å²) in [5.41, 5.74) is -2.90. The molecule has 0 spiro atoms. The second-order valence-electron chi connectivity index (χ2n) is 23.1. The van der Waals surface area contributed by atoms with Crippen molar-refractivity contribution < 1.29 is 99.9 Å². The lowest BCUT2D eigenvalue weighted by Crippen LogP contribution is -2.70. The molecule has 0 aromatic rings. The Kier molecular flexibility index (Phi) is 16.1. The molecule has 394 valence electrons. The predicted molar refractivity (Wildman–Crippen MR) is 236 cm³/mol. The Morgan fingerprint density at radius 1 is 0.647 bits per heavy atom. The number of rotatable bonds is 14. The van der Waals surface area contributed by atoms with Gasteiger partial charge in [-0.15, -0.1) is 0 Å². The van der Waals surface area contributed by atoms with Crippen LogP contribution in [-0.4, -0.2) is 213 Å². The average molecular weight is 979 g/mol. The quantitative estimate of drug-likeness (QED) is 0.0656. The zero-order valence-corrected chi connectivity index (χ0v) is 40.5. The molecule has 0 amide bonds. The lowest BCUT2D eigenvalue weighted by Gasteiger charge is -2.71. The highest BCUT2D eigenvalue weighted by Crippen LogP contribution is 2.76. The molecule has 7 fully saturated rings. The van der Waals surface area contributed by atoms with Gasteiger partial charge < -0.3 is 99.9 Å². The summed E-state index contributed by atoms with van der Waals surface area (Å²) in [5.74, 6) is -0.923. The number of ether oxygens (including phenoxy) is 6. The molecule has 27 unspecified atom stereocenters. The van der Waals surface area contributed by atoms with Gasteiger partial charge in [-0.1, -0.05) is 46.8 Å². The van der Waals surface area contributed by atoms with Crippen LogP contribution >= 0.6 is 0 Å². The summed E-state index contributed by atoms with van der Waals surface area (Å²) in [5, 5.41) is 152. The van der Waals surface area contributed by atoms with E-state index >= 15 is 0 Å². The Hall–Kier alpha value is -1.06. The maximum atomic E-state index is 12.7. The summed E-state index contributed by atoms with van der Waals surface area (Å²) in [7, 11) is 0. The van der Waals surface area contributed by atoms with E-state index < -0.39 is 164 Å². The molecule has 7 aliphatic rings. The highest BCUT2D eigenvalue weighted by molar-refractivity contribution is 5.21. The van der Waals surface area contributed by atoms with Crippen LogP contribution in [0.2, 0.25) is 0 Å². The molecular formula is C48H82O20. The molecule has 0 radical (unpaired) electrons. The van der Waals surface area contributed by atoms with Crippen LogP contribution in [0.4, 0.5) is 0 Å². The largest absolute Gasteiger partial charge is 0.394 e. The summed E-state index contributed by atoms with van der Waals surface area (Å²) in [6, 6.07) is 0. The summed E-state index contributed by atoms with van der Waals surface area (Å²) in [6.45, 7) is 16.0. The van der Waals surface area contributed by atoms with Crippen LogP contribution in [0.15, 0.2) is 12.2 Å². The summed E-state index contributed by atoms with van der Waals surface area (Å²) >= 11 is 0. The van der Waals surface area contributed by atoms with Gasteiger partial charge in [-0.25, -0.2) is 0 Å². The molecule has 20 nitrogen and oxygen atoms in total. The van der Waals surface area contributed by atoms with Crippen molar-refractivity contribution in [1.82, 2.24) is 0 Å². The van der Waals surface area contributed by atoms with Gasteiger partial charge >= 0.3 is 0 Å². The van der Waals surface area contributed by atoms with E-state index in [2.05, 4.69) is 27.4 Å². The molecule has 68 heavy (non-hydrogen) atoms. The van der Waals surface area contributed by atoms with Crippen molar-refractivity contribution in [2.24, 2.45) is 45.3 Å². The van der Waals surface area contributed by atoms with Crippen molar-refractivity contribution in [1.29, 1.82) is 0 Å². The first-order valence-corrected chi connectivity index (χ1v) is 24.6. The van der Waals surface area contributed by atoms with E-state index in [9.17, 15) is 71.5 Å². The van der Waals surface area contributed by atoms with Crippen LogP contribution in [0.25, 0.3) is 0 Å². The normalized spacial score (nSPS) is 52.8. The number of hydrogen-bond acceptors (Lipinski definition) is 20. The Bertz CT molecular complexity index is 1740. The monoisotopic (exact) mass is 979 g/mol. The molecule has 7 rings (SSSR count). The molecule has 0 aromatic carbocycles. The van der Waals surface area contributed by atoms with Gasteiger partial charge in [0.25, 0.3) is 0 Å². The Labute approximate surface area is 398 Å². The number of aliphatic hydroxyl groups excluding tert-OH is 14. The maximum Gasteiger partial charge on any atom is 0.187 e. The third-order valence-corrected chi connectivity index (χ3v) is 19.0. The van der Waals surface area contributed by atoms with Crippen molar-refractivity contribution in [3.05, 3.63) is 12.2 Å². The van der Waals surface area contributed by atoms with E-state index in [4.69, 9.17) is 28.4 Å². The number of aliphatic hydroxyl groups is 14. The van der Waals surface area contributed by atoms with Gasteiger partial charge in [0.1, 0.15) is 73.2 Å². The molecule has 0 aromatic heterocycles. The minimum atomic E-state index is -1.86. The van der Waals surface area contributed by atoms with Crippen LogP contribution in [0.3, 0.4) is 0 Å². The van der Waals surface area contributed by atoms with Crippen LogP contribution < -0.4 is 0 Å². The van der Waals surface area contributed by atoms with Gasteiger partial charge in [0.05, 0.1) is 49.8 Å². The van der Waals surface area contributed by atoms with Gasteiger partial charge in [0, 0.05) is 0 Å². The first kappa shape index (κ1) is 54.7. The Morgan fingerprint density at radius 3 is 1.72 bits per heavy atom. The zero-order valence-electron chi connectivity index (χ0n) is 40.5. The SMILES string of the molecule is C=C(C)C(O)CCC(C)(OC1OC(CO)C(O)C(O)C1O)C1CCC2(C)C1C(O)CC1C3(C)CC(O)C(OC4OC(CO)C(O)C(O)C4OC4OC(CO)C(O)C(O)C4O)C(C)(C)C3CCC12C. The molecule has 27 atom stereocenters. The zero-order chi connectivity index (χ0) is 50.4. The van der Waals surface area contributed by atoms with Crippen LogP contribution in [0.1, 0.15) is 99.8 Å².